The van der Waals surface area contributed by atoms with Gasteiger partial charge >= 0.3 is 6.18 Å². The van der Waals surface area contributed by atoms with Crippen molar-refractivity contribution in [2.45, 2.75) is 11.8 Å². The lowest BCUT2D eigenvalue weighted by atomic mass is 9.99. The molecule has 0 aromatic carbocycles. The van der Waals surface area contributed by atoms with Gasteiger partial charge in [0.1, 0.15) is 6.61 Å². The molecule has 1 aliphatic rings. The van der Waals surface area contributed by atoms with E-state index in [1.807, 2.05) is 0 Å². The highest BCUT2D eigenvalue weighted by atomic mass is 32.1. The standard InChI is InChI=1S/C9H8F3NO2S/c10-9(11,12)8(6-2-1-3-16-6)5-13-7(14)4-15-8/h1-3H,4-5H2,(H,13,14). The molecule has 16 heavy (non-hydrogen) atoms. The second-order valence-electron chi connectivity index (χ2n) is 3.37. The first kappa shape index (κ1) is 11.4. The van der Waals surface area contributed by atoms with E-state index in [-0.39, 0.29) is 4.88 Å². The van der Waals surface area contributed by atoms with Crippen LogP contribution in [0.5, 0.6) is 0 Å². The van der Waals surface area contributed by atoms with Crippen LogP contribution in [0.2, 0.25) is 0 Å². The van der Waals surface area contributed by atoms with E-state index < -0.39 is 30.8 Å². The highest BCUT2D eigenvalue weighted by Gasteiger charge is 2.59. The van der Waals surface area contributed by atoms with Crippen molar-refractivity contribution in [2.24, 2.45) is 0 Å². The van der Waals surface area contributed by atoms with E-state index in [2.05, 4.69) is 5.32 Å². The van der Waals surface area contributed by atoms with E-state index >= 15 is 0 Å². The first-order valence-corrected chi connectivity index (χ1v) is 5.35. The van der Waals surface area contributed by atoms with Crippen LogP contribution in [0, 0.1) is 0 Å². The third-order valence-corrected chi connectivity index (χ3v) is 3.37. The molecule has 2 heterocycles. The number of carbonyl (C=O) groups excluding carboxylic acids is 1. The number of ether oxygens (including phenoxy) is 1. The number of alkyl halides is 3. The molecule has 1 fully saturated rings. The molecule has 1 saturated heterocycles. The van der Waals surface area contributed by atoms with Gasteiger partial charge in [-0.05, 0) is 11.4 Å². The number of amides is 1. The van der Waals surface area contributed by atoms with Crippen molar-refractivity contribution in [1.82, 2.24) is 5.32 Å². The zero-order valence-corrected chi connectivity index (χ0v) is 8.82. The molecule has 7 heteroatoms. The maximum Gasteiger partial charge on any atom is 0.424 e. The Kier molecular flexibility index (Phi) is 2.67. The molecule has 2 rings (SSSR count). The summed E-state index contributed by atoms with van der Waals surface area (Å²) in [5.41, 5.74) is -2.39. The molecule has 3 nitrogen and oxygen atoms in total. The van der Waals surface area contributed by atoms with E-state index in [1.165, 1.54) is 12.1 Å². The number of morpholine rings is 1. The summed E-state index contributed by atoms with van der Waals surface area (Å²) in [5.74, 6) is -0.531. The molecule has 88 valence electrons. The quantitative estimate of drug-likeness (QED) is 0.824. The van der Waals surface area contributed by atoms with Crippen LogP contribution in [0.1, 0.15) is 4.88 Å². The minimum atomic E-state index is -4.55. The van der Waals surface area contributed by atoms with Crippen LogP contribution in [0.3, 0.4) is 0 Å². The van der Waals surface area contributed by atoms with E-state index in [1.54, 1.807) is 5.38 Å². The normalized spacial score (nSPS) is 26.6. The van der Waals surface area contributed by atoms with Crippen molar-refractivity contribution < 1.29 is 22.7 Å². The number of thiophene rings is 1. The maximum absolute atomic E-state index is 13.0. The van der Waals surface area contributed by atoms with Gasteiger partial charge in [-0.3, -0.25) is 4.79 Å². The number of rotatable bonds is 1. The van der Waals surface area contributed by atoms with Gasteiger partial charge in [0.25, 0.3) is 0 Å². The van der Waals surface area contributed by atoms with Gasteiger partial charge in [0.05, 0.1) is 6.54 Å². The third-order valence-electron chi connectivity index (χ3n) is 2.36. The van der Waals surface area contributed by atoms with E-state index in [0.29, 0.717) is 0 Å². The Hall–Kier alpha value is -1.08. The largest absolute Gasteiger partial charge is 0.424 e. The maximum atomic E-state index is 13.0. The van der Waals surface area contributed by atoms with Gasteiger partial charge in [0, 0.05) is 4.88 Å². The van der Waals surface area contributed by atoms with E-state index in [0.717, 1.165) is 11.3 Å². The number of carbonyl (C=O) groups is 1. The first-order chi connectivity index (χ1) is 7.46. The fraction of sp³-hybridized carbons (Fsp3) is 0.444. The lowest BCUT2D eigenvalue weighted by Crippen LogP contribution is -2.57. The summed E-state index contributed by atoms with van der Waals surface area (Å²) in [7, 11) is 0. The van der Waals surface area contributed by atoms with Gasteiger partial charge < -0.3 is 10.1 Å². The first-order valence-electron chi connectivity index (χ1n) is 4.47. The molecule has 1 N–H and O–H groups in total. The molecule has 0 aliphatic carbocycles. The van der Waals surface area contributed by atoms with Crippen LogP contribution in [0.4, 0.5) is 13.2 Å². The molecule has 1 unspecified atom stereocenters. The summed E-state index contributed by atoms with van der Waals surface area (Å²) >= 11 is 0.960. The van der Waals surface area contributed by atoms with Crippen LogP contribution >= 0.6 is 11.3 Å². The minimum Gasteiger partial charge on any atom is -0.350 e. The van der Waals surface area contributed by atoms with Crippen LogP contribution in [-0.4, -0.2) is 25.2 Å². The van der Waals surface area contributed by atoms with E-state index in [9.17, 15) is 18.0 Å². The Morgan fingerprint density at radius 3 is 2.69 bits per heavy atom. The number of halogens is 3. The van der Waals surface area contributed by atoms with Gasteiger partial charge in [-0.1, -0.05) is 6.07 Å². The van der Waals surface area contributed by atoms with Gasteiger partial charge in [-0.25, -0.2) is 0 Å². The molecular formula is C9H8F3NO2S. The molecule has 1 aromatic heterocycles. The number of hydrogen-bond acceptors (Lipinski definition) is 3. The predicted molar refractivity (Wildman–Crippen MR) is 51.0 cm³/mol. The number of nitrogens with one attached hydrogen (secondary N) is 1. The average molecular weight is 251 g/mol. The fourth-order valence-electron chi connectivity index (χ4n) is 1.50. The zero-order valence-electron chi connectivity index (χ0n) is 8.00. The SMILES string of the molecule is O=C1COC(c2cccs2)(C(F)(F)F)CN1. The highest BCUT2D eigenvalue weighted by molar-refractivity contribution is 7.10. The zero-order chi connectivity index (χ0) is 11.8. The molecule has 0 bridgehead atoms. The highest BCUT2D eigenvalue weighted by Crippen LogP contribution is 2.44. The summed E-state index contributed by atoms with van der Waals surface area (Å²) in [6.45, 7) is -1.15. The summed E-state index contributed by atoms with van der Waals surface area (Å²) in [5, 5.41) is 3.73. The molecule has 1 atom stereocenters. The van der Waals surface area contributed by atoms with Crippen LogP contribution < -0.4 is 5.32 Å². The average Bonchev–Trinajstić information content (AvgIpc) is 2.70. The lowest BCUT2D eigenvalue weighted by Gasteiger charge is -2.37. The summed E-state index contributed by atoms with van der Waals surface area (Å²) in [4.78, 5) is 10.9. The minimum absolute atomic E-state index is 0.0556. The van der Waals surface area contributed by atoms with Crippen LogP contribution in [-0.2, 0) is 15.1 Å². The van der Waals surface area contributed by atoms with Crippen molar-refractivity contribution in [3.63, 3.8) is 0 Å². The smallest absolute Gasteiger partial charge is 0.350 e. The molecule has 0 spiro atoms. The van der Waals surface area contributed by atoms with Crippen molar-refractivity contribution >= 4 is 17.2 Å². The third kappa shape index (κ3) is 1.69. The van der Waals surface area contributed by atoms with Crippen LogP contribution in [0.25, 0.3) is 0 Å². The molecule has 1 amide bonds. The van der Waals surface area contributed by atoms with Gasteiger partial charge in [0.15, 0.2) is 0 Å². The van der Waals surface area contributed by atoms with Crippen molar-refractivity contribution in [2.75, 3.05) is 13.2 Å². The fourth-order valence-corrected chi connectivity index (χ4v) is 2.40. The van der Waals surface area contributed by atoms with E-state index in [4.69, 9.17) is 4.74 Å². The lowest BCUT2D eigenvalue weighted by molar-refractivity contribution is -0.285. The van der Waals surface area contributed by atoms with Gasteiger partial charge in [-0.2, -0.15) is 13.2 Å². The Balaban J connectivity index is 2.38. The second-order valence-corrected chi connectivity index (χ2v) is 4.32. The Morgan fingerprint density at radius 1 is 1.50 bits per heavy atom. The molecule has 1 aliphatic heterocycles. The Morgan fingerprint density at radius 2 is 2.25 bits per heavy atom. The van der Waals surface area contributed by atoms with Crippen LogP contribution in [0.15, 0.2) is 17.5 Å². The summed E-state index contributed by atoms with van der Waals surface area (Å²) in [6, 6.07) is 2.88. The molecule has 1 aromatic rings. The molecular weight excluding hydrogens is 243 g/mol. The second kappa shape index (κ2) is 3.74. The van der Waals surface area contributed by atoms with Crippen molar-refractivity contribution in [1.29, 1.82) is 0 Å². The number of hydrogen-bond donors (Lipinski definition) is 1. The van der Waals surface area contributed by atoms with Crippen molar-refractivity contribution in [3.8, 4) is 0 Å². The van der Waals surface area contributed by atoms with Crippen molar-refractivity contribution in [3.05, 3.63) is 22.4 Å². The van der Waals surface area contributed by atoms with Gasteiger partial charge in [0.2, 0.25) is 11.5 Å². The summed E-state index contributed by atoms with van der Waals surface area (Å²) < 4.78 is 43.8. The molecule has 0 radical (unpaired) electrons. The Labute approximate surface area is 93.2 Å². The van der Waals surface area contributed by atoms with Gasteiger partial charge in [-0.15, -0.1) is 11.3 Å². The monoisotopic (exact) mass is 251 g/mol. The Bertz CT molecular complexity index is 378. The summed E-state index contributed by atoms with van der Waals surface area (Å²) in [6.07, 6.45) is -4.55. The topological polar surface area (TPSA) is 38.3 Å². The predicted octanol–water partition coefficient (Wildman–Crippen LogP) is 1.65. The molecule has 0 saturated carbocycles.